The van der Waals surface area contributed by atoms with Crippen molar-refractivity contribution >= 4 is 29.4 Å². The van der Waals surface area contributed by atoms with E-state index in [0.29, 0.717) is 11.0 Å². The molecule has 0 bridgehead atoms. The van der Waals surface area contributed by atoms with Crippen LogP contribution in [0, 0.1) is 0 Å². The SMILES string of the molecule is O=C(CSC1CCCC1)NCC1(Sc2ccccc2)CCOCC1. The van der Waals surface area contributed by atoms with Crippen molar-refractivity contribution in [2.45, 2.75) is 53.4 Å². The molecule has 2 fully saturated rings. The predicted octanol–water partition coefficient (Wildman–Crippen LogP) is 4.12. The van der Waals surface area contributed by atoms with E-state index in [1.165, 1.54) is 30.6 Å². The lowest BCUT2D eigenvalue weighted by atomic mass is 9.99. The molecule has 0 spiro atoms. The molecule has 3 nitrogen and oxygen atoms in total. The summed E-state index contributed by atoms with van der Waals surface area (Å²) in [4.78, 5) is 13.5. The Morgan fingerprint density at radius 1 is 1.17 bits per heavy atom. The first-order valence-corrected chi connectivity index (χ1v) is 10.8. The zero-order valence-corrected chi connectivity index (χ0v) is 15.8. The minimum Gasteiger partial charge on any atom is -0.381 e. The number of nitrogens with one attached hydrogen (secondary N) is 1. The van der Waals surface area contributed by atoms with Crippen LogP contribution < -0.4 is 5.32 Å². The third kappa shape index (κ3) is 5.43. The van der Waals surface area contributed by atoms with Gasteiger partial charge in [-0.1, -0.05) is 31.0 Å². The highest BCUT2D eigenvalue weighted by Crippen LogP contribution is 2.40. The second-order valence-corrected chi connectivity index (χ2v) is 9.53. The van der Waals surface area contributed by atoms with Crippen molar-refractivity contribution in [3.05, 3.63) is 30.3 Å². The first-order chi connectivity index (χ1) is 11.8. The molecule has 0 atom stereocenters. The second-order valence-electron chi connectivity index (χ2n) is 6.70. The van der Waals surface area contributed by atoms with Gasteiger partial charge in [-0.05, 0) is 37.8 Å². The van der Waals surface area contributed by atoms with Crippen LogP contribution in [-0.2, 0) is 9.53 Å². The van der Waals surface area contributed by atoms with Gasteiger partial charge in [-0.3, -0.25) is 4.79 Å². The van der Waals surface area contributed by atoms with Crippen LogP contribution in [0.3, 0.4) is 0 Å². The van der Waals surface area contributed by atoms with Gasteiger partial charge in [0, 0.05) is 34.7 Å². The number of rotatable bonds is 7. The predicted molar refractivity (Wildman–Crippen MR) is 103 cm³/mol. The summed E-state index contributed by atoms with van der Waals surface area (Å²) in [6.07, 6.45) is 7.20. The van der Waals surface area contributed by atoms with E-state index >= 15 is 0 Å². The molecule has 3 rings (SSSR count). The molecule has 1 aliphatic carbocycles. The first kappa shape index (κ1) is 18.2. The number of benzene rings is 1. The molecule has 0 aromatic heterocycles. The van der Waals surface area contributed by atoms with Crippen LogP contribution in [0.5, 0.6) is 0 Å². The van der Waals surface area contributed by atoms with E-state index < -0.39 is 0 Å². The molecule has 0 radical (unpaired) electrons. The maximum absolute atomic E-state index is 12.3. The summed E-state index contributed by atoms with van der Waals surface area (Å²) in [6, 6.07) is 10.5. The molecule has 132 valence electrons. The van der Waals surface area contributed by atoms with Gasteiger partial charge in [0.25, 0.3) is 0 Å². The number of amides is 1. The van der Waals surface area contributed by atoms with Gasteiger partial charge in [-0.25, -0.2) is 0 Å². The fourth-order valence-corrected chi connectivity index (χ4v) is 5.82. The number of hydrogen-bond donors (Lipinski definition) is 1. The molecule has 1 saturated heterocycles. The van der Waals surface area contributed by atoms with E-state index in [9.17, 15) is 4.79 Å². The average Bonchev–Trinajstić information content (AvgIpc) is 3.14. The molecule has 1 aliphatic heterocycles. The highest BCUT2D eigenvalue weighted by Gasteiger charge is 2.34. The molecule has 1 amide bonds. The van der Waals surface area contributed by atoms with E-state index in [-0.39, 0.29) is 10.7 Å². The molecule has 1 aromatic rings. The van der Waals surface area contributed by atoms with Crippen LogP contribution in [0.4, 0.5) is 0 Å². The fraction of sp³-hybridized carbons (Fsp3) is 0.632. The Balaban J connectivity index is 1.51. The van der Waals surface area contributed by atoms with E-state index in [0.717, 1.165) is 32.6 Å². The number of hydrogen-bond acceptors (Lipinski definition) is 4. The Kier molecular flexibility index (Phi) is 6.93. The molecule has 24 heavy (non-hydrogen) atoms. The van der Waals surface area contributed by atoms with Gasteiger partial charge in [0.2, 0.25) is 5.91 Å². The van der Waals surface area contributed by atoms with Crippen molar-refractivity contribution in [1.82, 2.24) is 5.32 Å². The Morgan fingerprint density at radius 3 is 2.58 bits per heavy atom. The third-order valence-electron chi connectivity index (χ3n) is 4.84. The zero-order valence-electron chi connectivity index (χ0n) is 14.2. The standard InChI is InChI=1S/C19H27NO2S2/c21-18(14-23-16-6-4-5-7-16)20-15-19(10-12-22-13-11-19)24-17-8-2-1-3-9-17/h1-3,8-9,16H,4-7,10-15H2,(H,20,21). The van der Waals surface area contributed by atoms with Gasteiger partial charge in [-0.15, -0.1) is 23.5 Å². The molecule has 1 N–H and O–H groups in total. The van der Waals surface area contributed by atoms with Crippen LogP contribution in [-0.4, -0.2) is 41.4 Å². The third-order valence-corrected chi connectivity index (χ3v) is 7.71. The van der Waals surface area contributed by atoms with Gasteiger partial charge >= 0.3 is 0 Å². The summed E-state index contributed by atoms with van der Waals surface area (Å²) in [6.45, 7) is 2.30. The van der Waals surface area contributed by atoms with Crippen LogP contribution in [0.25, 0.3) is 0 Å². The second kappa shape index (κ2) is 9.16. The van der Waals surface area contributed by atoms with Gasteiger partial charge in [0.05, 0.1) is 5.75 Å². The maximum atomic E-state index is 12.3. The monoisotopic (exact) mass is 365 g/mol. The highest BCUT2D eigenvalue weighted by molar-refractivity contribution is 8.01. The average molecular weight is 366 g/mol. The van der Waals surface area contributed by atoms with E-state index in [4.69, 9.17) is 4.74 Å². The molecule has 0 unspecified atom stereocenters. The van der Waals surface area contributed by atoms with Crippen LogP contribution in [0.1, 0.15) is 38.5 Å². The van der Waals surface area contributed by atoms with Crippen molar-refractivity contribution in [2.75, 3.05) is 25.5 Å². The highest BCUT2D eigenvalue weighted by atomic mass is 32.2. The lowest BCUT2D eigenvalue weighted by molar-refractivity contribution is -0.118. The van der Waals surface area contributed by atoms with Crippen molar-refractivity contribution < 1.29 is 9.53 Å². The van der Waals surface area contributed by atoms with Crippen molar-refractivity contribution in [3.8, 4) is 0 Å². The summed E-state index contributed by atoms with van der Waals surface area (Å²) in [5.41, 5.74) is 0. The molecule has 2 aliphatic rings. The first-order valence-electron chi connectivity index (χ1n) is 8.96. The molecule has 1 heterocycles. The fourth-order valence-electron chi connectivity index (χ4n) is 3.36. The molecule has 1 aromatic carbocycles. The Morgan fingerprint density at radius 2 is 1.88 bits per heavy atom. The zero-order chi connectivity index (χ0) is 16.7. The molecule has 5 heteroatoms. The smallest absolute Gasteiger partial charge is 0.230 e. The van der Waals surface area contributed by atoms with Gasteiger partial charge in [0.1, 0.15) is 0 Å². The van der Waals surface area contributed by atoms with Crippen molar-refractivity contribution in [1.29, 1.82) is 0 Å². The summed E-state index contributed by atoms with van der Waals surface area (Å²) in [5.74, 6) is 0.791. The van der Waals surface area contributed by atoms with E-state index in [1.54, 1.807) is 0 Å². The normalized spacial score (nSPS) is 20.8. The van der Waals surface area contributed by atoms with Crippen molar-refractivity contribution in [3.63, 3.8) is 0 Å². The van der Waals surface area contributed by atoms with Crippen LogP contribution in [0.15, 0.2) is 35.2 Å². The maximum Gasteiger partial charge on any atom is 0.230 e. The lowest BCUT2D eigenvalue weighted by Crippen LogP contribution is -2.44. The number of carbonyl (C=O) groups excluding carboxylic acids is 1. The number of carbonyl (C=O) groups is 1. The van der Waals surface area contributed by atoms with Crippen LogP contribution in [0.2, 0.25) is 0 Å². The molecular weight excluding hydrogens is 338 g/mol. The number of ether oxygens (including phenoxy) is 1. The van der Waals surface area contributed by atoms with Gasteiger partial charge < -0.3 is 10.1 Å². The van der Waals surface area contributed by atoms with Crippen molar-refractivity contribution in [2.24, 2.45) is 0 Å². The molecule has 1 saturated carbocycles. The Labute approximate surface area is 153 Å². The van der Waals surface area contributed by atoms with Gasteiger partial charge in [0.15, 0.2) is 0 Å². The largest absolute Gasteiger partial charge is 0.381 e. The lowest BCUT2D eigenvalue weighted by Gasteiger charge is -2.36. The Hall–Kier alpha value is -0.650. The topological polar surface area (TPSA) is 38.3 Å². The molecular formula is C19H27NO2S2. The van der Waals surface area contributed by atoms with Crippen LogP contribution >= 0.6 is 23.5 Å². The minimum atomic E-state index is 0.0628. The summed E-state index contributed by atoms with van der Waals surface area (Å²) in [5, 5.41) is 3.90. The van der Waals surface area contributed by atoms with E-state index in [1.807, 2.05) is 29.6 Å². The van der Waals surface area contributed by atoms with Gasteiger partial charge in [-0.2, -0.15) is 0 Å². The van der Waals surface area contributed by atoms with E-state index in [2.05, 4.69) is 29.6 Å². The minimum absolute atomic E-state index is 0.0628. The summed E-state index contributed by atoms with van der Waals surface area (Å²) >= 11 is 3.73. The Bertz CT molecular complexity index is 511. The summed E-state index contributed by atoms with van der Waals surface area (Å²) in [7, 11) is 0. The number of thioether (sulfide) groups is 2. The quantitative estimate of drug-likeness (QED) is 0.789. The summed E-state index contributed by atoms with van der Waals surface area (Å²) < 4.78 is 5.62.